The number of halogens is 1. The second-order valence-electron chi connectivity index (χ2n) is 8.98. The van der Waals surface area contributed by atoms with E-state index in [1.807, 2.05) is 0 Å². The van der Waals surface area contributed by atoms with Gasteiger partial charge in [-0.3, -0.25) is 9.29 Å². The molecule has 1 saturated heterocycles. The molecule has 0 unspecified atom stereocenters. The number of nitrogens with one attached hydrogen (secondary N) is 1. The van der Waals surface area contributed by atoms with Crippen LogP contribution < -0.4 is 14.2 Å². The van der Waals surface area contributed by atoms with Gasteiger partial charge in [0, 0.05) is 11.2 Å². The first kappa shape index (κ1) is 31.5. The van der Waals surface area contributed by atoms with Gasteiger partial charge in [-0.25, -0.2) is 18.4 Å². The zero-order valence-electron chi connectivity index (χ0n) is 23.3. The average Bonchev–Trinajstić information content (AvgIpc) is 3.33. The van der Waals surface area contributed by atoms with Crippen LogP contribution >= 0.6 is 11.6 Å². The summed E-state index contributed by atoms with van der Waals surface area (Å²) < 4.78 is 60.2. The van der Waals surface area contributed by atoms with Gasteiger partial charge in [0.2, 0.25) is 16.0 Å². The van der Waals surface area contributed by atoms with Crippen molar-refractivity contribution < 1.29 is 32.1 Å². The molecule has 1 aromatic heterocycles. The highest BCUT2D eigenvalue weighted by Gasteiger charge is 2.37. The Morgan fingerprint density at radius 2 is 1.90 bits per heavy atom. The van der Waals surface area contributed by atoms with E-state index in [1.165, 1.54) is 31.9 Å². The Bertz CT molecular complexity index is 1310. The number of nitrogens with zero attached hydrogens (tertiary/aromatic N) is 5. The number of benzene rings is 1. The number of aliphatic imine (C=N–C) groups is 2. The van der Waals surface area contributed by atoms with E-state index < -0.39 is 27.5 Å². The number of para-hydroxylation sites is 1. The molecule has 0 saturated carbocycles. The number of anilines is 1. The van der Waals surface area contributed by atoms with Crippen molar-refractivity contribution in [2.75, 3.05) is 38.8 Å². The molecule has 220 valence electrons. The highest BCUT2D eigenvalue weighted by molar-refractivity contribution is 7.93. The van der Waals surface area contributed by atoms with E-state index in [-0.39, 0.29) is 24.5 Å². The summed E-state index contributed by atoms with van der Waals surface area (Å²) in [6, 6.07) is 5.15. The lowest BCUT2D eigenvalue weighted by molar-refractivity contribution is -0.0941. The van der Waals surface area contributed by atoms with Crippen LogP contribution in [-0.4, -0.2) is 87.2 Å². The maximum atomic E-state index is 13.8. The van der Waals surface area contributed by atoms with Gasteiger partial charge in [0.25, 0.3) is 0 Å². The molecule has 0 spiro atoms. The van der Waals surface area contributed by atoms with Crippen LogP contribution in [0.15, 0.2) is 39.4 Å². The largest absolute Gasteiger partial charge is 0.494 e. The molecule has 0 aliphatic carbocycles. The highest BCUT2D eigenvalue weighted by atomic mass is 35.5. The second kappa shape index (κ2) is 14.0. The summed E-state index contributed by atoms with van der Waals surface area (Å²) in [5, 5.41) is 7.61. The number of allylic oxidation sites excluding steroid dienone is 1. The normalized spacial score (nSPS) is 18.4. The molecular formula is C25H35ClN6O7S. The van der Waals surface area contributed by atoms with Gasteiger partial charge in [0.1, 0.15) is 34.6 Å². The van der Waals surface area contributed by atoms with Crippen molar-refractivity contribution in [2.45, 2.75) is 51.3 Å². The van der Waals surface area contributed by atoms with Crippen molar-refractivity contribution in [3.05, 3.63) is 35.3 Å². The fraction of sp³-hybridized carbons (Fsp3) is 0.520. The Morgan fingerprint density at radius 1 is 1.23 bits per heavy atom. The molecule has 40 heavy (non-hydrogen) atoms. The number of hydrogen-bond acceptors (Lipinski definition) is 10. The standard InChI is InChI=1S/C25H35ClN6O7S/c1-15(2)39-22(23(27-5)28-13-16(3)26)17(4)40(33,34)31-25-30-29-24(20-14-37-11-12-38-20)32(25)21-18(35-6)9-8-10-19(21)36-7/h8-10,13,15,17,20,22H,5,11-12,14H2,1-4,6-7H3,(H,30,31)/b16-13+,28-23-/t17-,20+,22+/m0/s1. The summed E-state index contributed by atoms with van der Waals surface area (Å²) >= 11 is 5.92. The number of amidine groups is 1. The molecule has 2 heterocycles. The number of hydrogen-bond donors (Lipinski definition) is 1. The van der Waals surface area contributed by atoms with Crippen LogP contribution in [0.3, 0.4) is 0 Å². The molecule has 1 N–H and O–H groups in total. The summed E-state index contributed by atoms with van der Waals surface area (Å²) in [7, 11) is -1.24. The number of rotatable bonds is 12. The molecular weight excluding hydrogens is 564 g/mol. The Hall–Kier alpha value is -3.04. The van der Waals surface area contributed by atoms with Gasteiger partial charge >= 0.3 is 0 Å². The van der Waals surface area contributed by atoms with E-state index >= 15 is 0 Å². The third-order valence-electron chi connectivity index (χ3n) is 5.78. The van der Waals surface area contributed by atoms with Crippen LogP contribution in [0.2, 0.25) is 0 Å². The van der Waals surface area contributed by atoms with Crippen molar-refractivity contribution >= 4 is 40.1 Å². The zero-order chi connectivity index (χ0) is 29.4. The summed E-state index contributed by atoms with van der Waals surface area (Å²) in [6.07, 6.45) is -0.725. The van der Waals surface area contributed by atoms with Crippen LogP contribution in [0.25, 0.3) is 5.69 Å². The maximum Gasteiger partial charge on any atom is 0.243 e. The van der Waals surface area contributed by atoms with Gasteiger partial charge in [-0.05, 0) is 46.5 Å². The van der Waals surface area contributed by atoms with E-state index in [1.54, 1.807) is 39.0 Å². The SMILES string of the molecule is C=N/C(=N\C=C(/C)Cl)[C@H](OC(C)C)[C@H](C)S(=O)(=O)Nc1nnc([C@H]2COCCO2)n1-c1c(OC)cccc1OC. The summed E-state index contributed by atoms with van der Waals surface area (Å²) in [6.45, 7) is 11.1. The zero-order valence-corrected chi connectivity index (χ0v) is 24.9. The van der Waals surface area contributed by atoms with Crippen molar-refractivity contribution in [1.29, 1.82) is 0 Å². The van der Waals surface area contributed by atoms with Crippen LogP contribution in [0, 0.1) is 0 Å². The van der Waals surface area contributed by atoms with Gasteiger partial charge < -0.3 is 23.7 Å². The quantitative estimate of drug-likeness (QED) is 0.286. The molecule has 3 rings (SSSR count). The molecule has 2 aromatic rings. The van der Waals surface area contributed by atoms with Gasteiger partial charge in [0.15, 0.2) is 11.7 Å². The average molecular weight is 599 g/mol. The molecule has 0 amide bonds. The Labute approximate surface area is 239 Å². The Morgan fingerprint density at radius 3 is 2.42 bits per heavy atom. The van der Waals surface area contributed by atoms with Crippen LogP contribution in [0.4, 0.5) is 5.95 Å². The van der Waals surface area contributed by atoms with Crippen LogP contribution in [0.5, 0.6) is 11.5 Å². The van der Waals surface area contributed by atoms with Crippen LogP contribution in [-0.2, 0) is 24.2 Å². The molecule has 0 radical (unpaired) electrons. The minimum Gasteiger partial charge on any atom is -0.494 e. The molecule has 1 aromatic carbocycles. The van der Waals surface area contributed by atoms with Crippen molar-refractivity contribution in [3.63, 3.8) is 0 Å². The fourth-order valence-corrected chi connectivity index (χ4v) is 5.03. The molecule has 1 aliphatic heterocycles. The van der Waals surface area contributed by atoms with Gasteiger partial charge in [-0.15, -0.1) is 10.2 Å². The molecule has 13 nitrogen and oxygen atoms in total. The smallest absolute Gasteiger partial charge is 0.243 e. The predicted octanol–water partition coefficient (Wildman–Crippen LogP) is 3.50. The number of aromatic nitrogens is 3. The monoisotopic (exact) mass is 598 g/mol. The molecule has 1 fully saturated rings. The topological polar surface area (TPSA) is 148 Å². The predicted molar refractivity (Wildman–Crippen MR) is 153 cm³/mol. The highest BCUT2D eigenvalue weighted by Crippen LogP contribution is 2.37. The Balaban J connectivity index is 2.13. The maximum absolute atomic E-state index is 13.8. The van der Waals surface area contributed by atoms with E-state index in [2.05, 4.69) is 31.6 Å². The lowest BCUT2D eigenvalue weighted by Crippen LogP contribution is -2.43. The Kier molecular flexibility index (Phi) is 11.0. The lowest BCUT2D eigenvalue weighted by Gasteiger charge is -2.26. The van der Waals surface area contributed by atoms with Gasteiger partial charge in [-0.1, -0.05) is 17.7 Å². The minimum absolute atomic E-state index is 0.0490. The van der Waals surface area contributed by atoms with Gasteiger partial charge in [-0.2, -0.15) is 0 Å². The summed E-state index contributed by atoms with van der Waals surface area (Å²) in [5.74, 6) is 0.998. The van der Waals surface area contributed by atoms with Crippen molar-refractivity contribution in [3.8, 4) is 17.2 Å². The minimum atomic E-state index is -4.21. The number of ether oxygens (including phenoxy) is 5. The van der Waals surface area contributed by atoms with E-state index in [9.17, 15) is 8.42 Å². The van der Waals surface area contributed by atoms with Crippen molar-refractivity contribution in [2.24, 2.45) is 9.98 Å². The summed E-state index contributed by atoms with van der Waals surface area (Å²) in [4.78, 5) is 8.11. The molecule has 0 bridgehead atoms. The van der Waals surface area contributed by atoms with Crippen LogP contribution in [0.1, 0.15) is 39.6 Å². The van der Waals surface area contributed by atoms with Gasteiger partial charge in [0.05, 0.1) is 40.1 Å². The summed E-state index contributed by atoms with van der Waals surface area (Å²) in [5.41, 5.74) is 0.375. The molecule has 1 aliphatic rings. The molecule has 3 atom stereocenters. The fourth-order valence-electron chi connectivity index (χ4n) is 3.90. The van der Waals surface area contributed by atoms with E-state index in [0.29, 0.717) is 41.3 Å². The first-order valence-electron chi connectivity index (χ1n) is 12.4. The van der Waals surface area contributed by atoms with E-state index in [4.69, 9.17) is 35.3 Å². The number of methoxy groups -OCH3 is 2. The van der Waals surface area contributed by atoms with Crippen molar-refractivity contribution in [1.82, 2.24) is 14.8 Å². The first-order chi connectivity index (χ1) is 19.0. The molecule has 15 heteroatoms. The second-order valence-corrected chi connectivity index (χ2v) is 11.6. The number of sulfonamides is 1. The first-order valence-corrected chi connectivity index (χ1v) is 14.4. The third kappa shape index (κ3) is 7.37. The third-order valence-corrected chi connectivity index (χ3v) is 7.57. The van der Waals surface area contributed by atoms with E-state index in [0.717, 1.165) is 0 Å². The lowest BCUT2D eigenvalue weighted by atomic mass is 10.2.